The number of carbonyl (C=O) groups is 1. The van der Waals surface area contributed by atoms with Crippen LogP contribution in [0.25, 0.3) is 0 Å². The number of anilines is 3. The van der Waals surface area contributed by atoms with E-state index in [2.05, 4.69) is 33.6 Å². The number of amides is 1. The highest BCUT2D eigenvalue weighted by Gasteiger charge is 2.11. The molecule has 2 aromatic carbocycles. The number of aromatic nitrogens is 2. The van der Waals surface area contributed by atoms with Crippen LogP contribution in [0, 0.1) is 20.8 Å². The van der Waals surface area contributed by atoms with Crippen LogP contribution in [0.15, 0.2) is 48.8 Å². The molecular weight excluding hydrogens is 336 g/mol. The van der Waals surface area contributed by atoms with E-state index in [9.17, 15) is 4.79 Å². The molecule has 0 fully saturated rings. The summed E-state index contributed by atoms with van der Waals surface area (Å²) >= 11 is 0. The van der Waals surface area contributed by atoms with E-state index in [0.29, 0.717) is 11.5 Å². The van der Waals surface area contributed by atoms with Gasteiger partial charge in [-0.2, -0.15) is 0 Å². The molecule has 1 heterocycles. The molecule has 0 radical (unpaired) electrons. The maximum atomic E-state index is 12.5. The van der Waals surface area contributed by atoms with E-state index in [4.69, 9.17) is 0 Å². The van der Waals surface area contributed by atoms with Crippen LogP contribution in [-0.4, -0.2) is 15.9 Å². The molecule has 0 unspecified atom stereocenters. The number of carbonyl (C=O) groups excluding carboxylic acids is 1. The summed E-state index contributed by atoms with van der Waals surface area (Å²) in [5.41, 5.74) is 6.69. The Kier molecular flexibility index (Phi) is 5.50. The van der Waals surface area contributed by atoms with Crippen LogP contribution >= 0.6 is 0 Å². The van der Waals surface area contributed by atoms with Crippen molar-refractivity contribution in [3.05, 3.63) is 76.6 Å². The van der Waals surface area contributed by atoms with Gasteiger partial charge in [-0.1, -0.05) is 37.3 Å². The minimum atomic E-state index is -0.222. The van der Waals surface area contributed by atoms with Crippen molar-refractivity contribution in [1.29, 1.82) is 0 Å². The third-order valence-corrected chi connectivity index (χ3v) is 4.53. The van der Waals surface area contributed by atoms with E-state index in [1.54, 1.807) is 12.4 Å². The van der Waals surface area contributed by atoms with E-state index in [1.165, 1.54) is 5.56 Å². The number of nitrogens with zero attached hydrogens (tertiary/aromatic N) is 2. The van der Waals surface area contributed by atoms with Crippen molar-refractivity contribution in [1.82, 2.24) is 9.97 Å². The molecule has 0 saturated heterocycles. The van der Waals surface area contributed by atoms with Crippen LogP contribution in [0.2, 0.25) is 0 Å². The van der Waals surface area contributed by atoms with Gasteiger partial charge < -0.3 is 10.6 Å². The predicted octanol–water partition coefficient (Wildman–Crippen LogP) is 4.96. The Balaban J connectivity index is 1.76. The second-order valence-corrected chi connectivity index (χ2v) is 6.66. The van der Waals surface area contributed by atoms with Crippen molar-refractivity contribution in [2.45, 2.75) is 34.1 Å². The van der Waals surface area contributed by atoms with Crippen LogP contribution in [0.4, 0.5) is 17.3 Å². The SMILES string of the molecule is CCc1cccc(C)c1Nc1ncc(C(=O)Nc2cc(C)ccc2C)cn1. The lowest BCUT2D eigenvalue weighted by atomic mass is 10.1. The Morgan fingerprint density at radius 1 is 1.00 bits per heavy atom. The van der Waals surface area contributed by atoms with Gasteiger partial charge in [-0.25, -0.2) is 9.97 Å². The summed E-state index contributed by atoms with van der Waals surface area (Å²) in [5.74, 6) is 0.252. The monoisotopic (exact) mass is 360 g/mol. The van der Waals surface area contributed by atoms with Gasteiger partial charge in [-0.05, 0) is 55.5 Å². The van der Waals surface area contributed by atoms with Gasteiger partial charge >= 0.3 is 0 Å². The quantitative estimate of drug-likeness (QED) is 0.675. The van der Waals surface area contributed by atoms with Crippen LogP contribution in [0.5, 0.6) is 0 Å². The van der Waals surface area contributed by atoms with Crippen LogP contribution in [0.1, 0.15) is 39.5 Å². The standard InChI is InChI=1S/C22H24N4O/c1-5-17-8-6-7-16(4)20(17)26-22-23-12-18(13-24-22)21(27)25-19-11-14(2)9-10-15(19)3/h6-13H,5H2,1-4H3,(H,25,27)(H,23,24,26). The summed E-state index contributed by atoms with van der Waals surface area (Å²) in [6.07, 6.45) is 4.00. The van der Waals surface area contributed by atoms with Gasteiger partial charge in [0, 0.05) is 23.8 Å². The third kappa shape index (κ3) is 4.31. The fourth-order valence-corrected chi connectivity index (χ4v) is 2.89. The molecule has 27 heavy (non-hydrogen) atoms. The second-order valence-electron chi connectivity index (χ2n) is 6.66. The van der Waals surface area contributed by atoms with E-state index in [-0.39, 0.29) is 5.91 Å². The number of hydrogen-bond donors (Lipinski definition) is 2. The minimum Gasteiger partial charge on any atom is -0.324 e. The lowest BCUT2D eigenvalue weighted by molar-refractivity contribution is 0.102. The Morgan fingerprint density at radius 2 is 1.74 bits per heavy atom. The Hall–Kier alpha value is -3.21. The highest BCUT2D eigenvalue weighted by atomic mass is 16.1. The summed E-state index contributed by atoms with van der Waals surface area (Å²) in [6, 6.07) is 12.1. The number of aryl methyl sites for hydroxylation is 4. The first-order valence-corrected chi connectivity index (χ1v) is 9.04. The molecule has 0 aliphatic rings. The topological polar surface area (TPSA) is 66.9 Å². The summed E-state index contributed by atoms with van der Waals surface area (Å²) in [4.78, 5) is 21.1. The Labute approximate surface area is 159 Å². The molecule has 0 atom stereocenters. The molecule has 5 nitrogen and oxygen atoms in total. The van der Waals surface area contributed by atoms with Gasteiger partial charge in [0.05, 0.1) is 5.56 Å². The average molecular weight is 360 g/mol. The van der Waals surface area contributed by atoms with E-state index in [0.717, 1.165) is 34.5 Å². The lowest BCUT2D eigenvalue weighted by Crippen LogP contribution is -2.14. The highest BCUT2D eigenvalue weighted by molar-refractivity contribution is 6.04. The molecule has 1 aromatic heterocycles. The Morgan fingerprint density at radius 3 is 2.44 bits per heavy atom. The largest absolute Gasteiger partial charge is 0.324 e. The number of benzene rings is 2. The summed E-state index contributed by atoms with van der Waals surface area (Å²) < 4.78 is 0. The smallest absolute Gasteiger partial charge is 0.258 e. The van der Waals surface area contributed by atoms with Gasteiger partial charge in [-0.15, -0.1) is 0 Å². The molecule has 1 amide bonds. The Bertz CT molecular complexity index is 965. The number of rotatable bonds is 5. The number of para-hydroxylation sites is 1. The van der Waals surface area contributed by atoms with E-state index < -0.39 is 0 Å². The summed E-state index contributed by atoms with van der Waals surface area (Å²) in [5, 5.41) is 6.19. The molecule has 5 heteroatoms. The molecule has 138 valence electrons. The first-order valence-electron chi connectivity index (χ1n) is 9.04. The lowest BCUT2D eigenvalue weighted by Gasteiger charge is -2.13. The highest BCUT2D eigenvalue weighted by Crippen LogP contribution is 2.24. The first-order chi connectivity index (χ1) is 13.0. The second kappa shape index (κ2) is 7.99. The molecule has 0 aliphatic carbocycles. The molecule has 0 aliphatic heterocycles. The van der Waals surface area contributed by atoms with Gasteiger partial charge in [-0.3, -0.25) is 4.79 Å². The fourth-order valence-electron chi connectivity index (χ4n) is 2.89. The zero-order valence-electron chi connectivity index (χ0n) is 16.1. The van der Waals surface area contributed by atoms with Crippen molar-refractivity contribution in [2.75, 3.05) is 10.6 Å². The van der Waals surface area contributed by atoms with Gasteiger partial charge in [0.25, 0.3) is 5.91 Å². The van der Waals surface area contributed by atoms with Gasteiger partial charge in [0.1, 0.15) is 0 Å². The van der Waals surface area contributed by atoms with Crippen LogP contribution in [0.3, 0.4) is 0 Å². The molecule has 3 rings (SSSR count). The van der Waals surface area contributed by atoms with Crippen molar-refractivity contribution in [3.63, 3.8) is 0 Å². The normalized spacial score (nSPS) is 10.5. The summed E-state index contributed by atoms with van der Waals surface area (Å²) in [7, 11) is 0. The van der Waals surface area contributed by atoms with Crippen molar-refractivity contribution in [3.8, 4) is 0 Å². The maximum absolute atomic E-state index is 12.5. The van der Waals surface area contributed by atoms with E-state index >= 15 is 0 Å². The van der Waals surface area contributed by atoms with Crippen molar-refractivity contribution in [2.24, 2.45) is 0 Å². The third-order valence-electron chi connectivity index (χ3n) is 4.53. The van der Waals surface area contributed by atoms with Crippen LogP contribution < -0.4 is 10.6 Å². The molecule has 3 aromatic rings. The fraction of sp³-hybridized carbons (Fsp3) is 0.227. The number of nitrogens with one attached hydrogen (secondary N) is 2. The minimum absolute atomic E-state index is 0.222. The molecule has 0 bridgehead atoms. The van der Waals surface area contributed by atoms with Gasteiger partial charge in [0.15, 0.2) is 0 Å². The zero-order chi connectivity index (χ0) is 19.4. The zero-order valence-corrected chi connectivity index (χ0v) is 16.1. The predicted molar refractivity (Wildman–Crippen MR) is 110 cm³/mol. The average Bonchev–Trinajstić information content (AvgIpc) is 2.67. The molecule has 0 spiro atoms. The molecule has 0 saturated carbocycles. The van der Waals surface area contributed by atoms with Gasteiger partial charge in [0.2, 0.25) is 5.95 Å². The maximum Gasteiger partial charge on any atom is 0.258 e. The number of hydrogen-bond acceptors (Lipinski definition) is 4. The van der Waals surface area contributed by atoms with E-state index in [1.807, 2.05) is 51.1 Å². The summed E-state index contributed by atoms with van der Waals surface area (Å²) in [6.45, 7) is 8.12. The van der Waals surface area contributed by atoms with Crippen molar-refractivity contribution >= 4 is 23.2 Å². The first kappa shape index (κ1) is 18.6. The van der Waals surface area contributed by atoms with Crippen LogP contribution in [-0.2, 0) is 6.42 Å². The van der Waals surface area contributed by atoms with Crippen molar-refractivity contribution < 1.29 is 4.79 Å². The molecular formula is C22H24N4O. The molecule has 2 N–H and O–H groups in total.